The summed E-state index contributed by atoms with van der Waals surface area (Å²) in [6.07, 6.45) is 5.98. The van der Waals surface area contributed by atoms with Gasteiger partial charge in [-0.25, -0.2) is 14.6 Å². The van der Waals surface area contributed by atoms with Crippen LogP contribution in [0.25, 0.3) is 21.6 Å². The van der Waals surface area contributed by atoms with Gasteiger partial charge in [-0.15, -0.1) is 11.3 Å². The second-order valence-electron chi connectivity index (χ2n) is 8.78. The van der Waals surface area contributed by atoms with E-state index in [0.29, 0.717) is 12.1 Å². The molecule has 0 spiro atoms. The molecule has 0 atom stereocenters. The number of thiophene rings is 1. The van der Waals surface area contributed by atoms with Gasteiger partial charge in [-0.2, -0.15) is 5.10 Å². The SMILES string of the molecule is Cc1ccc(-c2cc(C(=O)NCc3ccnc(N4CCCC4)c3)c3cnn(C(C)C)c3n2)s1. The number of pyridine rings is 2. The number of aryl methyl sites for hydroxylation is 1. The standard InChI is InChI=1S/C25H28N6OS/c1-16(2)31-24-20(15-28-31)19(13-21(29-24)22-7-6-17(3)33-22)25(32)27-14-18-8-9-26-23(12-18)30-10-4-5-11-30/h6-9,12-13,15-16H,4-5,10-11,14H2,1-3H3,(H,27,32). The Balaban J connectivity index is 1.45. The van der Waals surface area contributed by atoms with E-state index in [2.05, 4.69) is 59.3 Å². The lowest BCUT2D eigenvalue weighted by Gasteiger charge is -2.17. The van der Waals surface area contributed by atoms with Crippen molar-refractivity contribution in [3.63, 3.8) is 0 Å². The van der Waals surface area contributed by atoms with Gasteiger partial charge in [0.15, 0.2) is 5.65 Å². The third-order valence-electron chi connectivity index (χ3n) is 5.99. The predicted molar refractivity (Wildman–Crippen MR) is 133 cm³/mol. The van der Waals surface area contributed by atoms with Crippen molar-refractivity contribution in [1.82, 2.24) is 25.1 Å². The maximum atomic E-state index is 13.3. The number of aromatic nitrogens is 4. The Morgan fingerprint density at radius 3 is 2.73 bits per heavy atom. The third-order valence-corrected chi connectivity index (χ3v) is 7.01. The number of nitrogens with zero attached hydrogens (tertiary/aromatic N) is 5. The van der Waals surface area contributed by atoms with Gasteiger partial charge in [-0.1, -0.05) is 0 Å². The molecule has 1 N–H and O–H groups in total. The Labute approximate surface area is 197 Å². The van der Waals surface area contributed by atoms with Gasteiger partial charge in [0.1, 0.15) is 5.82 Å². The molecule has 33 heavy (non-hydrogen) atoms. The van der Waals surface area contributed by atoms with Crippen LogP contribution in [0.3, 0.4) is 0 Å². The van der Waals surface area contributed by atoms with Crippen LogP contribution in [0, 0.1) is 6.92 Å². The topological polar surface area (TPSA) is 75.9 Å². The largest absolute Gasteiger partial charge is 0.357 e. The van der Waals surface area contributed by atoms with E-state index in [0.717, 1.165) is 46.1 Å². The number of fused-ring (bicyclic) bond motifs is 1. The minimum absolute atomic E-state index is 0.125. The smallest absolute Gasteiger partial charge is 0.252 e. The van der Waals surface area contributed by atoms with E-state index in [-0.39, 0.29) is 11.9 Å². The Bertz CT molecular complexity index is 1300. The summed E-state index contributed by atoms with van der Waals surface area (Å²) in [6, 6.07) is 10.2. The van der Waals surface area contributed by atoms with Crippen LogP contribution < -0.4 is 10.2 Å². The Morgan fingerprint density at radius 2 is 2.00 bits per heavy atom. The van der Waals surface area contributed by atoms with Crippen molar-refractivity contribution in [3.05, 3.63) is 58.7 Å². The van der Waals surface area contributed by atoms with Crippen LogP contribution in [0.15, 0.2) is 42.7 Å². The fourth-order valence-corrected chi connectivity index (χ4v) is 5.08. The lowest BCUT2D eigenvalue weighted by molar-refractivity contribution is 0.0952. The first-order chi connectivity index (χ1) is 16.0. The van der Waals surface area contributed by atoms with Crippen LogP contribution in [-0.4, -0.2) is 38.7 Å². The number of carbonyl (C=O) groups excluding carboxylic acids is 1. The highest BCUT2D eigenvalue weighted by Gasteiger charge is 2.19. The molecule has 1 aliphatic heterocycles. The second kappa shape index (κ2) is 8.94. The van der Waals surface area contributed by atoms with Gasteiger partial charge in [0.05, 0.1) is 27.7 Å². The Morgan fingerprint density at radius 1 is 1.18 bits per heavy atom. The molecule has 1 saturated heterocycles. The molecule has 8 heteroatoms. The summed E-state index contributed by atoms with van der Waals surface area (Å²) in [4.78, 5) is 27.3. The summed E-state index contributed by atoms with van der Waals surface area (Å²) in [5, 5.41) is 8.39. The highest BCUT2D eigenvalue weighted by molar-refractivity contribution is 7.15. The Hall–Kier alpha value is -3.26. The molecule has 0 unspecified atom stereocenters. The van der Waals surface area contributed by atoms with Crippen LogP contribution in [0.2, 0.25) is 0 Å². The van der Waals surface area contributed by atoms with Crippen molar-refractivity contribution >= 4 is 34.1 Å². The zero-order chi connectivity index (χ0) is 22.9. The third kappa shape index (κ3) is 4.35. The van der Waals surface area contributed by atoms with Crippen molar-refractivity contribution in [2.75, 3.05) is 18.0 Å². The maximum Gasteiger partial charge on any atom is 0.252 e. The molecular weight excluding hydrogens is 432 g/mol. The van der Waals surface area contributed by atoms with Gasteiger partial charge in [0.2, 0.25) is 0 Å². The summed E-state index contributed by atoms with van der Waals surface area (Å²) in [7, 11) is 0. The lowest BCUT2D eigenvalue weighted by atomic mass is 10.1. The first-order valence-electron chi connectivity index (χ1n) is 11.4. The van der Waals surface area contributed by atoms with E-state index in [1.54, 1.807) is 17.5 Å². The first-order valence-corrected chi connectivity index (χ1v) is 12.2. The van der Waals surface area contributed by atoms with Crippen molar-refractivity contribution in [2.45, 2.75) is 46.2 Å². The average molecular weight is 461 g/mol. The number of hydrogen-bond acceptors (Lipinski definition) is 6. The molecule has 5 rings (SSSR count). The monoisotopic (exact) mass is 460 g/mol. The summed E-state index contributed by atoms with van der Waals surface area (Å²) in [6.45, 7) is 8.74. The zero-order valence-electron chi connectivity index (χ0n) is 19.2. The highest BCUT2D eigenvalue weighted by Crippen LogP contribution is 2.30. The van der Waals surface area contributed by atoms with Crippen LogP contribution in [0.1, 0.15) is 53.5 Å². The van der Waals surface area contributed by atoms with Crippen molar-refractivity contribution in [2.24, 2.45) is 0 Å². The quantitative estimate of drug-likeness (QED) is 0.439. The lowest BCUT2D eigenvalue weighted by Crippen LogP contribution is -2.24. The average Bonchev–Trinajstić information content (AvgIpc) is 3.57. The highest BCUT2D eigenvalue weighted by atomic mass is 32.1. The molecule has 0 saturated carbocycles. The molecule has 4 aromatic heterocycles. The molecule has 1 fully saturated rings. The van der Waals surface area contributed by atoms with Crippen molar-refractivity contribution in [1.29, 1.82) is 0 Å². The molecule has 0 aromatic carbocycles. The molecular formula is C25H28N6OS. The van der Waals surface area contributed by atoms with E-state index < -0.39 is 0 Å². The fraction of sp³-hybridized carbons (Fsp3) is 0.360. The molecule has 1 aliphatic rings. The van der Waals surface area contributed by atoms with E-state index in [1.165, 1.54) is 17.7 Å². The summed E-state index contributed by atoms with van der Waals surface area (Å²) >= 11 is 1.68. The minimum Gasteiger partial charge on any atom is -0.357 e. The van der Waals surface area contributed by atoms with Crippen LogP contribution in [0.5, 0.6) is 0 Å². The predicted octanol–water partition coefficient (Wildman–Crippen LogP) is 4.97. The minimum atomic E-state index is -0.125. The number of carbonyl (C=O) groups is 1. The van der Waals surface area contributed by atoms with Crippen LogP contribution in [0.4, 0.5) is 5.82 Å². The van der Waals surface area contributed by atoms with Crippen LogP contribution in [-0.2, 0) is 6.54 Å². The first kappa shape index (κ1) is 21.6. The van der Waals surface area contributed by atoms with Gasteiger partial charge >= 0.3 is 0 Å². The van der Waals surface area contributed by atoms with Crippen LogP contribution >= 0.6 is 11.3 Å². The molecule has 7 nitrogen and oxygen atoms in total. The van der Waals surface area contributed by atoms with E-state index >= 15 is 0 Å². The molecule has 0 bridgehead atoms. The normalized spacial score (nSPS) is 13.9. The van der Waals surface area contributed by atoms with E-state index in [4.69, 9.17) is 4.98 Å². The fourth-order valence-electron chi connectivity index (χ4n) is 4.25. The van der Waals surface area contributed by atoms with Crippen molar-refractivity contribution in [3.8, 4) is 10.6 Å². The number of amides is 1. The maximum absolute atomic E-state index is 13.3. The van der Waals surface area contributed by atoms with E-state index in [1.807, 2.05) is 23.0 Å². The molecule has 0 aliphatic carbocycles. The van der Waals surface area contributed by atoms with Gasteiger partial charge in [0, 0.05) is 36.8 Å². The van der Waals surface area contributed by atoms with Gasteiger partial charge in [-0.05, 0) is 69.5 Å². The summed E-state index contributed by atoms with van der Waals surface area (Å²) in [5.74, 6) is 0.860. The molecule has 1 amide bonds. The van der Waals surface area contributed by atoms with E-state index in [9.17, 15) is 4.79 Å². The summed E-state index contributed by atoms with van der Waals surface area (Å²) < 4.78 is 1.88. The Kier molecular flexibility index (Phi) is 5.85. The van der Waals surface area contributed by atoms with Crippen molar-refractivity contribution < 1.29 is 4.79 Å². The zero-order valence-corrected chi connectivity index (χ0v) is 20.0. The van der Waals surface area contributed by atoms with Gasteiger partial charge < -0.3 is 10.2 Å². The van der Waals surface area contributed by atoms with Gasteiger partial charge in [-0.3, -0.25) is 4.79 Å². The number of hydrogen-bond donors (Lipinski definition) is 1. The number of nitrogens with one attached hydrogen (secondary N) is 1. The molecule has 4 aromatic rings. The molecule has 5 heterocycles. The summed E-state index contributed by atoms with van der Waals surface area (Å²) in [5.41, 5.74) is 3.17. The molecule has 0 radical (unpaired) electrons. The number of anilines is 1. The number of rotatable bonds is 6. The molecule has 170 valence electrons. The van der Waals surface area contributed by atoms with Gasteiger partial charge in [0.25, 0.3) is 5.91 Å². The second-order valence-corrected chi connectivity index (χ2v) is 10.1.